The first-order valence-electron chi connectivity index (χ1n) is 9.59. The number of halogens is 1. The third kappa shape index (κ3) is 5.25. The van der Waals surface area contributed by atoms with Gasteiger partial charge in [-0.3, -0.25) is 9.88 Å². The van der Waals surface area contributed by atoms with Crippen LogP contribution in [0, 0.1) is 0 Å². The zero-order chi connectivity index (χ0) is 20.8. The van der Waals surface area contributed by atoms with E-state index in [0.29, 0.717) is 29.4 Å². The largest absolute Gasteiger partial charge is 0.465 e. The summed E-state index contributed by atoms with van der Waals surface area (Å²) in [5, 5.41) is 0.610. The number of hydrogen-bond acceptors (Lipinski definition) is 5. The molecule has 0 N–H and O–H groups in total. The van der Waals surface area contributed by atoms with E-state index in [4.69, 9.17) is 16.3 Å². The van der Waals surface area contributed by atoms with Crippen molar-refractivity contribution in [2.45, 2.75) is 13.5 Å². The van der Waals surface area contributed by atoms with Gasteiger partial charge in [0.25, 0.3) is 0 Å². The molecule has 1 aromatic heterocycles. The van der Waals surface area contributed by atoms with Crippen LogP contribution in [0.15, 0.2) is 42.6 Å². The number of aromatic nitrogens is 1. The molecule has 0 atom stereocenters. The van der Waals surface area contributed by atoms with Crippen molar-refractivity contribution in [1.82, 2.24) is 14.8 Å². The summed E-state index contributed by atoms with van der Waals surface area (Å²) < 4.78 is 4.71. The van der Waals surface area contributed by atoms with Crippen molar-refractivity contribution in [3.8, 4) is 0 Å². The number of carbonyl (C=O) groups is 2. The lowest BCUT2D eigenvalue weighted by Gasteiger charge is -2.37. The number of esters is 1. The lowest BCUT2D eigenvalue weighted by Crippen LogP contribution is -2.52. The molecular weight excluding hydrogens is 392 g/mol. The fourth-order valence-corrected chi connectivity index (χ4v) is 3.36. The predicted molar refractivity (Wildman–Crippen MR) is 112 cm³/mol. The van der Waals surface area contributed by atoms with Crippen molar-refractivity contribution in [2.24, 2.45) is 0 Å². The van der Waals surface area contributed by atoms with Crippen LogP contribution in [0.2, 0.25) is 5.02 Å². The molecule has 1 aliphatic heterocycles. The predicted octanol–water partition coefficient (Wildman–Crippen LogP) is 3.29. The topological polar surface area (TPSA) is 66.0 Å². The van der Waals surface area contributed by atoms with Crippen molar-refractivity contribution >= 4 is 29.3 Å². The minimum atomic E-state index is -0.441. The van der Waals surface area contributed by atoms with Gasteiger partial charge in [-0.1, -0.05) is 18.5 Å². The van der Waals surface area contributed by atoms with Gasteiger partial charge >= 0.3 is 12.0 Å². The Balaban J connectivity index is 1.80. The monoisotopic (exact) mass is 416 g/mol. The number of pyridine rings is 1. The Kier molecular flexibility index (Phi) is 7.06. The molecule has 3 rings (SSSR count). The average molecular weight is 417 g/mol. The molecule has 2 aromatic rings. The van der Waals surface area contributed by atoms with E-state index in [2.05, 4.69) is 16.8 Å². The minimum absolute atomic E-state index is 0.0677. The summed E-state index contributed by atoms with van der Waals surface area (Å²) >= 11 is 6.02. The first kappa shape index (κ1) is 21.1. The number of likely N-dealkylation sites (N-methyl/N-ethyl adjacent to an activating group) is 1. The second-order valence-electron chi connectivity index (χ2n) is 6.80. The molecule has 2 heterocycles. The number of anilines is 1. The summed E-state index contributed by atoms with van der Waals surface area (Å²) in [6.45, 7) is 6.50. The molecule has 0 radical (unpaired) electrons. The fraction of sp³-hybridized carbons (Fsp3) is 0.381. The van der Waals surface area contributed by atoms with E-state index in [-0.39, 0.29) is 12.6 Å². The Morgan fingerprint density at radius 2 is 1.79 bits per heavy atom. The molecule has 0 unspecified atom stereocenters. The van der Waals surface area contributed by atoms with Crippen molar-refractivity contribution in [3.63, 3.8) is 0 Å². The van der Waals surface area contributed by atoms with Crippen LogP contribution in [-0.2, 0) is 11.3 Å². The number of piperazine rings is 1. The molecule has 154 valence electrons. The SMILES string of the molecule is CCN1CCN(C(=O)N(Cc2ccc(C(=O)OC)cn2)c2ccc(Cl)cc2)CC1. The summed E-state index contributed by atoms with van der Waals surface area (Å²) in [5.74, 6) is -0.441. The lowest BCUT2D eigenvalue weighted by molar-refractivity contribution is 0.0600. The maximum Gasteiger partial charge on any atom is 0.339 e. The van der Waals surface area contributed by atoms with Crippen LogP contribution in [0.5, 0.6) is 0 Å². The summed E-state index contributed by atoms with van der Waals surface area (Å²) in [6, 6.07) is 10.5. The lowest BCUT2D eigenvalue weighted by atomic mass is 10.2. The van der Waals surface area contributed by atoms with Gasteiger partial charge in [0, 0.05) is 43.1 Å². The van der Waals surface area contributed by atoms with Gasteiger partial charge in [-0.05, 0) is 42.9 Å². The molecule has 29 heavy (non-hydrogen) atoms. The highest BCUT2D eigenvalue weighted by Gasteiger charge is 2.26. The zero-order valence-corrected chi connectivity index (χ0v) is 17.4. The molecule has 0 bridgehead atoms. The van der Waals surface area contributed by atoms with Crippen LogP contribution in [0.3, 0.4) is 0 Å². The van der Waals surface area contributed by atoms with Gasteiger partial charge in [0.05, 0.1) is 24.9 Å². The Hall–Kier alpha value is -2.64. The van der Waals surface area contributed by atoms with Gasteiger partial charge in [0.1, 0.15) is 0 Å². The summed E-state index contributed by atoms with van der Waals surface area (Å²) in [7, 11) is 1.33. The van der Waals surface area contributed by atoms with Crippen LogP contribution in [0.4, 0.5) is 10.5 Å². The van der Waals surface area contributed by atoms with E-state index >= 15 is 0 Å². The van der Waals surface area contributed by atoms with E-state index in [0.717, 1.165) is 25.3 Å². The Morgan fingerprint density at radius 3 is 2.34 bits per heavy atom. The highest BCUT2D eigenvalue weighted by Crippen LogP contribution is 2.22. The highest BCUT2D eigenvalue weighted by atomic mass is 35.5. The number of nitrogens with zero attached hydrogens (tertiary/aromatic N) is 4. The maximum atomic E-state index is 13.3. The smallest absolute Gasteiger partial charge is 0.339 e. The minimum Gasteiger partial charge on any atom is -0.465 e. The molecule has 0 aliphatic carbocycles. The van der Waals surface area contributed by atoms with Crippen molar-refractivity contribution in [1.29, 1.82) is 0 Å². The zero-order valence-electron chi connectivity index (χ0n) is 16.7. The number of amides is 2. The van der Waals surface area contributed by atoms with Crippen molar-refractivity contribution in [2.75, 3.05) is 44.7 Å². The summed E-state index contributed by atoms with van der Waals surface area (Å²) in [5.41, 5.74) is 1.79. The highest BCUT2D eigenvalue weighted by molar-refractivity contribution is 6.30. The normalized spacial score (nSPS) is 14.5. The van der Waals surface area contributed by atoms with E-state index in [1.54, 1.807) is 29.2 Å². The number of urea groups is 1. The van der Waals surface area contributed by atoms with Crippen LogP contribution in [0.25, 0.3) is 0 Å². The molecule has 2 amide bonds. The van der Waals surface area contributed by atoms with Crippen LogP contribution in [0.1, 0.15) is 23.0 Å². The standard InChI is InChI=1S/C21H25ClN4O3/c1-3-24-10-12-25(13-11-24)21(28)26(19-8-5-17(22)6-9-19)15-18-7-4-16(14-23-18)20(27)29-2/h4-9,14H,3,10-13,15H2,1-2H3. The van der Waals surface area contributed by atoms with Gasteiger partial charge in [-0.25, -0.2) is 9.59 Å². The van der Waals surface area contributed by atoms with Gasteiger partial charge in [-0.15, -0.1) is 0 Å². The number of rotatable bonds is 5. The molecule has 1 saturated heterocycles. The average Bonchev–Trinajstić information content (AvgIpc) is 2.77. The van der Waals surface area contributed by atoms with E-state index < -0.39 is 5.97 Å². The second kappa shape index (κ2) is 9.71. The Labute approximate surface area is 175 Å². The first-order chi connectivity index (χ1) is 14.0. The number of carbonyl (C=O) groups excluding carboxylic acids is 2. The van der Waals surface area contributed by atoms with Gasteiger partial charge in [0.2, 0.25) is 0 Å². The summed E-state index contributed by atoms with van der Waals surface area (Å²) in [4.78, 5) is 35.1. The molecule has 0 saturated carbocycles. The van der Waals surface area contributed by atoms with Crippen molar-refractivity contribution < 1.29 is 14.3 Å². The van der Waals surface area contributed by atoms with Gasteiger partial charge in [-0.2, -0.15) is 0 Å². The van der Waals surface area contributed by atoms with Crippen LogP contribution < -0.4 is 4.90 Å². The quantitative estimate of drug-likeness (QED) is 0.700. The Bertz CT molecular complexity index is 834. The van der Waals surface area contributed by atoms with Gasteiger partial charge in [0.15, 0.2) is 0 Å². The Morgan fingerprint density at radius 1 is 1.10 bits per heavy atom. The fourth-order valence-electron chi connectivity index (χ4n) is 3.24. The van der Waals surface area contributed by atoms with E-state index in [9.17, 15) is 9.59 Å². The number of benzene rings is 1. The first-order valence-corrected chi connectivity index (χ1v) is 9.97. The third-order valence-corrected chi connectivity index (χ3v) is 5.28. The molecule has 1 aromatic carbocycles. The number of ether oxygens (including phenoxy) is 1. The van der Waals surface area contributed by atoms with Crippen molar-refractivity contribution in [3.05, 3.63) is 58.9 Å². The molecule has 1 fully saturated rings. The van der Waals surface area contributed by atoms with Gasteiger partial charge < -0.3 is 14.5 Å². The number of methoxy groups -OCH3 is 1. The molecule has 7 nitrogen and oxygen atoms in total. The van der Waals surface area contributed by atoms with Crippen LogP contribution in [-0.4, -0.2) is 66.6 Å². The van der Waals surface area contributed by atoms with E-state index in [1.165, 1.54) is 13.3 Å². The second-order valence-corrected chi connectivity index (χ2v) is 7.23. The van der Waals surface area contributed by atoms with E-state index in [1.807, 2.05) is 17.0 Å². The molecule has 1 aliphatic rings. The third-order valence-electron chi connectivity index (χ3n) is 5.03. The molecule has 8 heteroatoms. The molecular formula is C21H25ClN4O3. The maximum absolute atomic E-state index is 13.3. The summed E-state index contributed by atoms with van der Waals surface area (Å²) in [6.07, 6.45) is 1.46. The number of hydrogen-bond donors (Lipinski definition) is 0. The van der Waals surface area contributed by atoms with Crippen LogP contribution >= 0.6 is 11.6 Å². The molecule has 0 spiro atoms.